The molecule has 0 saturated heterocycles. The molecule has 2 heterocycles. The molecule has 0 bridgehead atoms. The first-order valence-corrected chi connectivity index (χ1v) is 10.6. The van der Waals surface area contributed by atoms with Crippen molar-refractivity contribution in [2.24, 2.45) is 0 Å². The Bertz CT molecular complexity index is 1020. The molecule has 126 valence electrons. The van der Waals surface area contributed by atoms with Gasteiger partial charge in [0.15, 0.2) is 9.50 Å². The Morgan fingerprint density at radius 2 is 2.08 bits per heavy atom. The number of rotatable bonds is 5. The molecule has 0 aliphatic carbocycles. The minimum Gasteiger partial charge on any atom is -0.333 e. The van der Waals surface area contributed by atoms with E-state index in [-0.39, 0.29) is 5.91 Å². The van der Waals surface area contributed by atoms with Crippen molar-refractivity contribution in [2.75, 3.05) is 17.3 Å². The van der Waals surface area contributed by atoms with Crippen molar-refractivity contribution < 1.29 is 4.79 Å². The van der Waals surface area contributed by atoms with Crippen molar-refractivity contribution in [3.05, 3.63) is 42.5 Å². The predicted octanol–water partition coefficient (Wildman–Crippen LogP) is 4.63. The second kappa shape index (κ2) is 7.07. The summed E-state index contributed by atoms with van der Waals surface area (Å²) in [6, 6.07) is 13.6. The van der Waals surface area contributed by atoms with Gasteiger partial charge in [0, 0.05) is 5.69 Å². The smallest absolute Gasteiger partial charge is 0.234 e. The summed E-state index contributed by atoms with van der Waals surface area (Å²) in [6.07, 6.45) is 2.01. The van der Waals surface area contributed by atoms with Crippen LogP contribution in [0.5, 0.6) is 0 Å². The van der Waals surface area contributed by atoms with Crippen LogP contribution in [0.3, 0.4) is 0 Å². The minimum absolute atomic E-state index is 0.0561. The van der Waals surface area contributed by atoms with Crippen molar-refractivity contribution in [3.8, 4) is 0 Å². The number of aromatic amines is 1. The highest BCUT2D eigenvalue weighted by Crippen LogP contribution is 2.30. The average Bonchev–Trinajstić information content (AvgIpc) is 3.22. The number of carbonyl (C=O) groups excluding carboxylic acids is 1. The van der Waals surface area contributed by atoms with Gasteiger partial charge in [0.2, 0.25) is 5.91 Å². The molecular weight excluding hydrogens is 372 g/mol. The molecule has 0 atom stereocenters. The average molecular weight is 387 g/mol. The number of fused-ring (bicyclic) bond motifs is 2. The molecule has 1 amide bonds. The number of aromatic nitrogens is 3. The van der Waals surface area contributed by atoms with Gasteiger partial charge in [-0.3, -0.25) is 4.79 Å². The number of para-hydroxylation sites is 2. The number of benzene rings is 2. The largest absolute Gasteiger partial charge is 0.333 e. The van der Waals surface area contributed by atoms with Crippen LogP contribution >= 0.6 is 34.9 Å². The van der Waals surface area contributed by atoms with Gasteiger partial charge in [0.25, 0.3) is 0 Å². The number of anilines is 1. The van der Waals surface area contributed by atoms with Crippen LogP contribution in [0, 0.1) is 0 Å². The maximum Gasteiger partial charge on any atom is 0.234 e. The minimum atomic E-state index is -0.0561. The molecule has 0 radical (unpaired) electrons. The summed E-state index contributed by atoms with van der Waals surface area (Å²) in [5.74, 6) is 0.246. The summed E-state index contributed by atoms with van der Waals surface area (Å²) in [7, 11) is 0. The Labute approximate surface area is 156 Å². The zero-order valence-electron chi connectivity index (χ0n) is 13.3. The Morgan fingerprint density at radius 3 is 2.92 bits per heavy atom. The molecule has 25 heavy (non-hydrogen) atoms. The molecule has 4 rings (SSSR count). The highest BCUT2D eigenvalue weighted by molar-refractivity contribution is 8.00. The summed E-state index contributed by atoms with van der Waals surface area (Å²) in [4.78, 5) is 24.4. The fourth-order valence-corrected chi connectivity index (χ4v) is 4.61. The number of amides is 1. The number of hydrogen-bond acceptors (Lipinski definition) is 6. The zero-order chi connectivity index (χ0) is 17.2. The summed E-state index contributed by atoms with van der Waals surface area (Å²) < 4.78 is 2.10. The second-order valence-electron chi connectivity index (χ2n) is 5.26. The fraction of sp³-hybridized carbons (Fsp3) is 0.118. The van der Waals surface area contributed by atoms with E-state index in [4.69, 9.17) is 0 Å². The maximum atomic E-state index is 12.2. The van der Waals surface area contributed by atoms with Crippen LogP contribution in [0.25, 0.3) is 21.3 Å². The van der Waals surface area contributed by atoms with Gasteiger partial charge < -0.3 is 10.3 Å². The van der Waals surface area contributed by atoms with Crippen LogP contribution in [0.1, 0.15) is 0 Å². The number of thioether (sulfide) groups is 2. The molecule has 0 spiro atoms. The normalized spacial score (nSPS) is 11.2. The van der Waals surface area contributed by atoms with Crippen molar-refractivity contribution in [1.29, 1.82) is 0 Å². The van der Waals surface area contributed by atoms with Crippen molar-refractivity contribution in [3.63, 3.8) is 0 Å². The fourth-order valence-electron chi connectivity index (χ4n) is 2.40. The van der Waals surface area contributed by atoms with E-state index in [0.717, 1.165) is 36.4 Å². The quantitative estimate of drug-likeness (QED) is 0.490. The van der Waals surface area contributed by atoms with Crippen LogP contribution in [-0.4, -0.2) is 32.9 Å². The van der Waals surface area contributed by atoms with E-state index >= 15 is 0 Å². The molecule has 5 nitrogen and oxygen atoms in total. The third-order valence-corrected chi connectivity index (χ3v) is 6.41. The standard InChI is InChI=1S/C17H14N4OS3/c1-23-17-21-13-7-6-10(8-14(13)25-17)18-15(22)9-24-16-19-11-4-2-3-5-12(11)20-16/h2-8H,9H2,1H3,(H,18,22)(H,19,20). The van der Waals surface area contributed by atoms with Crippen molar-refractivity contribution in [1.82, 2.24) is 15.0 Å². The summed E-state index contributed by atoms with van der Waals surface area (Å²) >= 11 is 4.65. The van der Waals surface area contributed by atoms with Gasteiger partial charge in [-0.1, -0.05) is 35.7 Å². The lowest BCUT2D eigenvalue weighted by Crippen LogP contribution is -2.13. The topological polar surface area (TPSA) is 70.7 Å². The van der Waals surface area contributed by atoms with Crippen LogP contribution < -0.4 is 5.32 Å². The SMILES string of the molecule is CSc1nc2ccc(NC(=O)CSc3nc4ccccc4[nH]3)cc2s1. The number of carbonyl (C=O) groups is 1. The number of nitrogens with one attached hydrogen (secondary N) is 2. The van der Waals surface area contributed by atoms with Gasteiger partial charge in [-0.25, -0.2) is 9.97 Å². The van der Waals surface area contributed by atoms with Gasteiger partial charge >= 0.3 is 0 Å². The van der Waals surface area contributed by atoms with E-state index in [1.807, 2.05) is 48.7 Å². The lowest BCUT2D eigenvalue weighted by atomic mass is 10.3. The summed E-state index contributed by atoms with van der Waals surface area (Å²) in [5, 5.41) is 3.68. The van der Waals surface area contributed by atoms with Crippen LogP contribution in [0.2, 0.25) is 0 Å². The Balaban J connectivity index is 1.41. The van der Waals surface area contributed by atoms with E-state index < -0.39 is 0 Å². The van der Waals surface area contributed by atoms with E-state index in [1.165, 1.54) is 11.8 Å². The molecule has 2 aromatic heterocycles. The lowest BCUT2D eigenvalue weighted by Gasteiger charge is -2.04. The number of nitrogens with zero attached hydrogens (tertiary/aromatic N) is 2. The molecule has 0 fully saturated rings. The van der Waals surface area contributed by atoms with Gasteiger partial charge in [-0.05, 0) is 36.6 Å². The van der Waals surface area contributed by atoms with E-state index in [9.17, 15) is 4.79 Å². The first kappa shape index (κ1) is 16.4. The van der Waals surface area contributed by atoms with E-state index in [0.29, 0.717) is 5.75 Å². The predicted molar refractivity (Wildman–Crippen MR) is 107 cm³/mol. The van der Waals surface area contributed by atoms with Gasteiger partial charge in [0.1, 0.15) is 0 Å². The summed E-state index contributed by atoms with van der Waals surface area (Å²) in [6.45, 7) is 0. The number of thiazole rings is 1. The van der Waals surface area contributed by atoms with Crippen LogP contribution in [0.4, 0.5) is 5.69 Å². The van der Waals surface area contributed by atoms with Crippen molar-refractivity contribution in [2.45, 2.75) is 9.50 Å². The Morgan fingerprint density at radius 1 is 1.20 bits per heavy atom. The molecule has 0 saturated carbocycles. The molecule has 2 N–H and O–H groups in total. The first-order chi connectivity index (χ1) is 12.2. The second-order valence-corrected chi connectivity index (χ2v) is 8.31. The third-order valence-electron chi connectivity index (χ3n) is 3.53. The van der Waals surface area contributed by atoms with Gasteiger partial charge in [-0.2, -0.15) is 0 Å². The summed E-state index contributed by atoms with van der Waals surface area (Å²) in [5.41, 5.74) is 3.64. The monoisotopic (exact) mass is 386 g/mol. The lowest BCUT2D eigenvalue weighted by molar-refractivity contribution is -0.113. The number of H-pyrrole nitrogens is 1. The Hall–Kier alpha value is -2.03. The molecule has 8 heteroatoms. The molecule has 0 unspecified atom stereocenters. The van der Waals surface area contributed by atoms with Crippen LogP contribution in [-0.2, 0) is 4.79 Å². The highest BCUT2D eigenvalue weighted by Gasteiger charge is 2.09. The molecule has 0 aliphatic heterocycles. The number of hydrogen-bond donors (Lipinski definition) is 2. The van der Waals surface area contributed by atoms with E-state index in [2.05, 4.69) is 20.3 Å². The molecule has 4 aromatic rings. The first-order valence-electron chi connectivity index (χ1n) is 7.53. The van der Waals surface area contributed by atoms with Crippen LogP contribution in [0.15, 0.2) is 52.0 Å². The molecule has 0 aliphatic rings. The van der Waals surface area contributed by atoms with E-state index in [1.54, 1.807) is 23.1 Å². The highest BCUT2D eigenvalue weighted by atomic mass is 32.2. The van der Waals surface area contributed by atoms with Gasteiger partial charge in [0.05, 0.1) is 27.0 Å². The third kappa shape index (κ3) is 3.65. The van der Waals surface area contributed by atoms with Crippen molar-refractivity contribution >= 4 is 67.7 Å². The van der Waals surface area contributed by atoms with Gasteiger partial charge in [-0.15, -0.1) is 11.3 Å². The zero-order valence-corrected chi connectivity index (χ0v) is 15.7. The maximum absolute atomic E-state index is 12.2. The number of imidazole rings is 1. The Kier molecular flexibility index (Phi) is 4.65. The molecular formula is C17H14N4OS3. The molecule has 2 aromatic carbocycles.